The van der Waals surface area contributed by atoms with E-state index in [1.54, 1.807) is 10.9 Å². The molecule has 1 heterocycles. The number of aryl methyl sites for hydroxylation is 2. The predicted octanol–water partition coefficient (Wildman–Crippen LogP) is 2.14. The van der Waals surface area contributed by atoms with Gasteiger partial charge in [-0.1, -0.05) is 0 Å². The van der Waals surface area contributed by atoms with Crippen molar-refractivity contribution in [3.8, 4) is 5.75 Å². The number of nitrogens with one attached hydrogen (secondary N) is 1. The highest BCUT2D eigenvalue weighted by atomic mass is 16.6. The van der Waals surface area contributed by atoms with E-state index in [9.17, 15) is 14.9 Å². The molecule has 1 amide bonds. The van der Waals surface area contributed by atoms with E-state index < -0.39 is 4.92 Å². The molecule has 0 unspecified atom stereocenters. The minimum Gasteiger partial charge on any atom is -0.494 e. The lowest BCUT2D eigenvalue weighted by atomic mass is 10.2. The largest absolute Gasteiger partial charge is 0.494 e. The number of nitrogens with zero attached hydrogens (tertiary/aromatic N) is 3. The molecule has 0 saturated carbocycles. The number of amides is 1. The summed E-state index contributed by atoms with van der Waals surface area (Å²) in [6, 6.07) is 5.89. The Morgan fingerprint density at radius 1 is 1.45 bits per heavy atom. The third-order valence-corrected chi connectivity index (χ3v) is 3.01. The van der Waals surface area contributed by atoms with Crippen molar-refractivity contribution in [2.45, 2.75) is 19.9 Å². The fraction of sp³-hybridized carbons (Fsp3) is 0.286. The van der Waals surface area contributed by atoms with Crippen LogP contribution in [0.25, 0.3) is 0 Å². The molecule has 116 valence electrons. The Kier molecular flexibility index (Phi) is 4.72. The number of carbonyl (C=O) groups excluding carboxylic acids is 1. The number of nitro groups is 1. The van der Waals surface area contributed by atoms with E-state index in [1.807, 2.05) is 13.0 Å². The van der Waals surface area contributed by atoms with Crippen molar-refractivity contribution in [1.29, 1.82) is 0 Å². The molecule has 0 bridgehead atoms. The van der Waals surface area contributed by atoms with Gasteiger partial charge in [-0.3, -0.25) is 19.6 Å². The Labute approximate surface area is 126 Å². The molecule has 0 atom stereocenters. The fourth-order valence-electron chi connectivity index (χ4n) is 1.91. The first-order chi connectivity index (χ1) is 10.5. The van der Waals surface area contributed by atoms with Gasteiger partial charge in [0, 0.05) is 25.2 Å². The third-order valence-electron chi connectivity index (χ3n) is 3.01. The molecule has 0 fully saturated rings. The summed E-state index contributed by atoms with van der Waals surface area (Å²) in [6.45, 7) is 2.33. The SMILES string of the molecule is COc1cc([N+](=O)[O-])ccc1NC(=O)CCn1ccc(C)n1. The summed E-state index contributed by atoms with van der Waals surface area (Å²) >= 11 is 0. The molecular formula is C14H16N4O4. The number of ether oxygens (including phenoxy) is 1. The lowest BCUT2D eigenvalue weighted by molar-refractivity contribution is -0.384. The predicted molar refractivity (Wildman–Crippen MR) is 79.9 cm³/mol. The fourth-order valence-corrected chi connectivity index (χ4v) is 1.91. The van der Waals surface area contributed by atoms with Crippen molar-refractivity contribution in [3.05, 3.63) is 46.3 Å². The maximum atomic E-state index is 11.9. The van der Waals surface area contributed by atoms with Crippen molar-refractivity contribution < 1.29 is 14.5 Å². The first-order valence-corrected chi connectivity index (χ1v) is 6.62. The summed E-state index contributed by atoms with van der Waals surface area (Å²) in [5, 5.41) is 17.6. The molecule has 0 spiro atoms. The summed E-state index contributed by atoms with van der Waals surface area (Å²) in [5.74, 6) is 0.0257. The van der Waals surface area contributed by atoms with Gasteiger partial charge < -0.3 is 10.1 Å². The number of benzene rings is 1. The number of methoxy groups -OCH3 is 1. The van der Waals surface area contributed by atoms with Crippen molar-refractivity contribution in [3.63, 3.8) is 0 Å². The van der Waals surface area contributed by atoms with Crippen LogP contribution in [0, 0.1) is 17.0 Å². The molecule has 1 aromatic heterocycles. The third kappa shape index (κ3) is 3.81. The Morgan fingerprint density at radius 2 is 2.23 bits per heavy atom. The van der Waals surface area contributed by atoms with Gasteiger partial charge in [0.2, 0.25) is 5.91 Å². The van der Waals surface area contributed by atoms with Crippen molar-refractivity contribution in [2.75, 3.05) is 12.4 Å². The Balaban J connectivity index is 2.00. The molecule has 22 heavy (non-hydrogen) atoms. The average Bonchev–Trinajstić information content (AvgIpc) is 2.91. The lowest BCUT2D eigenvalue weighted by Gasteiger charge is -2.10. The van der Waals surface area contributed by atoms with Gasteiger partial charge in [-0.2, -0.15) is 5.10 Å². The van der Waals surface area contributed by atoms with E-state index >= 15 is 0 Å². The molecule has 0 radical (unpaired) electrons. The van der Waals surface area contributed by atoms with Crippen molar-refractivity contribution in [1.82, 2.24) is 9.78 Å². The van der Waals surface area contributed by atoms with Crippen LogP contribution in [-0.2, 0) is 11.3 Å². The minimum atomic E-state index is -0.520. The molecule has 0 aliphatic carbocycles. The second kappa shape index (κ2) is 6.70. The van der Waals surface area contributed by atoms with E-state index in [4.69, 9.17) is 4.74 Å². The van der Waals surface area contributed by atoms with Crippen LogP contribution >= 0.6 is 0 Å². The number of aromatic nitrogens is 2. The standard InChI is InChI=1S/C14H16N4O4/c1-10-5-7-17(16-10)8-6-14(19)15-12-4-3-11(18(20)21)9-13(12)22-2/h3-5,7,9H,6,8H2,1-2H3,(H,15,19). The van der Waals surface area contributed by atoms with Gasteiger partial charge in [-0.15, -0.1) is 0 Å². The number of carbonyl (C=O) groups is 1. The maximum Gasteiger partial charge on any atom is 0.273 e. The van der Waals surface area contributed by atoms with Gasteiger partial charge in [0.15, 0.2) is 0 Å². The van der Waals surface area contributed by atoms with E-state index in [2.05, 4.69) is 10.4 Å². The van der Waals surface area contributed by atoms with Crippen LogP contribution in [0.15, 0.2) is 30.5 Å². The van der Waals surface area contributed by atoms with Crippen LogP contribution < -0.4 is 10.1 Å². The normalized spacial score (nSPS) is 10.3. The summed E-state index contributed by atoms with van der Waals surface area (Å²) in [5.41, 5.74) is 1.19. The monoisotopic (exact) mass is 304 g/mol. The number of anilines is 1. The second-order valence-corrected chi connectivity index (χ2v) is 4.66. The van der Waals surface area contributed by atoms with Gasteiger partial charge in [0.1, 0.15) is 5.75 Å². The summed E-state index contributed by atoms with van der Waals surface area (Å²) in [6.07, 6.45) is 2.04. The molecule has 1 N–H and O–H groups in total. The van der Waals surface area contributed by atoms with Gasteiger partial charge in [-0.05, 0) is 19.1 Å². The second-order valence-electron chi connectivity index (χ2n) is 4.66. The highest BCUT2D eigenvalue weighted by Crippen LogP contribution is 2.29. The Hall–Kier alpha value is -2.90. The summed E-state index contributed by atoms with van der Waals surface area (Å²) in [4.78, 5) is 22.1. The highest BCUT2D eigenvalue weighted by molar-refractivity contribution is 5.92. The van der Waals surface area contributed by atoms with E-state index in [-0.39, 0.29) is 23.8 Å². The zero-order valence-electron chi connectivity index (χ0n) is 12.3. The highest BCUT2D eigenvalue weighted by Gasteiger charge is 2.13. The van der Waals surface area contributed by atoms with E-state index in [1.165, 1.54) is 25.3 Å². The van der Waals surface area contributed by atoms with E-state index in [0.717, 1.165) is 5.69 Å². The Bertz CT molecular complexity index is 696. The molecule has 8 nitrogen and oxygen atoms in total. The minimum absolute atomic E-state index is 0.0955. The van der Waals surface area contributed by atoms with Gasteiger partial charge >= 0.3 is 0 Å². The molecule has 2 aromatic rings. The molecule has 0 saturated heterocycles. The topological polar surface area (TPSA) is 99.3 Å². The average molecular weight is 304 g/mol. The summed E-state index contributed by atoms with van der Waals surface area (Å²) < 4.78 is 6.75. The first-order valence-electron chi connectivity index (χ1n) is 6.62. The van der Waals surface area contributed by atoms with Crippen LogP contribution in [0.1, 0.15) is 12.1 Å². The van der Waals surface area contributed by atoms with Crippen molar-refractivity contribution >= 4 is 17.3 Å². The maximum absolute atomic E-state index is 11.9. The number of hydrogen-bond donors (Lipinski definition) is 1. The van der Waals surface area contributed by atoms with E-state index in [0.29, 0.717) is 12.2 Å². The zero-order valence-corrected chi connectivity index (χ0v) is 12.3. The molecule has 0 aliphatic heterocycles. The van der Waals surface area contributed by atoms with Gasteiger partial charge in [0.25, 0.3) is 5.69 Å². The molecule has 2 rings (SSSR count). The quantitative estimate of drug-likeness (QED) is 0.651. The summed E-state index contributed by atoms with van der Waals surface area (Å²) in [7, 11) is 1.39. The zero-order chi connectivity index (χ0) is 16.1. The lowest BCUT2D eigenvalue weighted by Crippen LogP contribution is -2.15. The smallest absolute Gasteiger partial charge is 0.273 e. The van der Waals surface area contributed by atoms with Crippen LogP contribution in [-0.4, -0.2) is 27.7 Å². The molecule has 1 aromatic carbocycles. The van der Waals surface area contributed by atoms with Gasteiger partial charge in [-0.25, -0.2) is 0 Å². The number of rotatable bonds is 6. The van der Waals surface area contributed by atoms with Crippen LogP contribution in [0.4, 0.5) is 11.4 Å². The number of nitro benzene ring substituents is 1. The van der Waals surface area contributed by atoms with Gasteiger partial charge in [0.05, 0.1) is 29.5 Å². The van der Waals surface area contributed by atoms with Crippen LogP contribution in [0.3, 0.4) is 0 Å². The molecule has 8 heteroatoms. The Morgan fingerprint density at radius 3 is 2.82 bits per heavy atom. The van der Waals surface area contributed by atoms with Crippen LogP contribution in [0.5, 0.6) is 5.75 Å². The number of hydrogen-bond acceptors (Lipinski definition) is 5. The number of non-ortho nitro benzene ring substituents is 1. The van der Waals surface area contributed by atoms with Crippen LogP contribution in [0.2, 0.25) is 0 Å². The first kappa shape index (κ1) is 15.5. The molecule has 0 aliphatic rings. The van der Waals surface area contributed by atoms with Crippen molar-refractivity contribution in [2.24, 2.45) is 0 Å². The molecular weight excluding hydrogens is 288 g/mol.